The monoisotopic (exact) mass is 386 g/mol. The van der Waals surface area contributed by atoms with Gasteiger partial charge in [-0.1, -0.05) is 0 Å². The van der Waals surface area contributed by atoms with Crippen LogP contribution in [0.5, 0.6) is 0 Å². The van der Waals surface area contributed by atoms with Crippen molar-refractivity contribution in [1.82, 2.24) is 19.4 Å². The van der Waals surface area contributed by atoms with Crippen LogP contribution in [0.4, 0.5) is 0 Å². The molecule has 0 N–H and O–H groups in total. The van der Waals surface area contributed by atoms with Crippen LogP contribution in [0.15, 0.2) is 0 Å². The van der Waals surface area contributed by atoms with Crippen LogP contribution in [-0.2, 0) is 19.6 Å². The number of hydrogen-bond acceptors (Lipinski definition) is 7. The molecule has 1 unspecified atom stereocenters. The van der Waals surface area contributed by atoms with Crippen LogP contribution in [0.3, 0.4) is 0 Å². The molecule has 2 amide bonds. The van der Waals surface area contributed by atoms with Gasteiger partial charge in [-0.2, -0.15) is 0 Å². The number of piperidine rings is 2. The van der Waals surface area contributed by atoms with E-state index in [-0.39, 0.29) is 30.0 Å². The van der Waals surface area contributed by atoms with Gasteiger partial charge in [-0.15, -0.1) is 21.5 Å². The van der Waals surface area contributed by atoms with Crippen LogP contribution in [0, 0.1) is 6.92 Å². The molecular weight excluding hydrogens is 364 g/mol. The molecule has 0 bridgehead atoms. The van der Waals surface area contributed by atoms with E-state index >= 15 is 0 Å². The Morgan fingerprint density at radius 2 is 1.88 bits per heavy atom. The minimum absolute atomic E-state index is 0.0565. The van der Waals surface area contributed by atoms with Crippen LogP contribution in [0.1, 0.15) is 48.0 Å². The number of hydrogen-bond donors (Lipinski definition) is 0. The van der Waals surface area contributed by atoms with Crippen molar-refractivity contribution in [2.24, 2.45) is 0 Å². The van der Waals surface area contributed by atoms with Crippen molar-refractivity contribution in [2.75, 3.05) is 25.4 Å². The summed E-state index contributed by atoms with van der Waals surface area (Å²) in [5.74, 6) is -0.695. The van der Waals surface area contributed by atoms with Gasteiger partial charge in [0, 0.05) is 38.4 Å². The van der Waals surface area contributed by atoms with Crippen LogP contribution in [-0.4, -0.2) is 65.0 Å². The molecule has 2 aliphatic heterocycles. The molecule has 3 heterocycles. The molecule has 2 fully saturated rings. The largest absolute Gasteiger partial charge is 0.282 e. The highest BCUT2D eigenvalue weighted by atomic mass is 32.2. The SMILES string of the molecule is Cc1nnc(C2CCCN(S(=O)(=O)CCN3C(=O)CCCC3=O)C2)s1. The first-order chi connectivity index (χ1) is 11.9. The number of aromatic nitrogens is 2. The quantitative estimate of drug-likeness (QED) is 0.697. The molecule has 0 radical (unpaired) electrons. The summed E-state index contributed by atoms with van der Waals surface area (Å²) in [6.45, 7) is 2.68. The molecule has 1 atom stereocenters. The predicted octanol–water partition coefficient (Wildman–Crippen LogP) is 0.895. The number of sulfonamides is 1. The minimum atomic E-state index is -3.52. The third-order valence-corrected chi connectivity index (χ3v) is 7.44. The first-order valence-electron chi connectivity index (χ1n) is 8.48. The van der Waals surface area contributed by atoms with Gasteiger partial charge in [0.1, 0.15) is 10.0 Å². The normalized spacial score (nSPS) is 23.2. The molecule has 10 heteroatoms. The van der Waals surface area contributed by atoms with Crippen molar-refractivity contribution in [2.45, 2.75) is 44.9 Å². The fraction of sp³-hybridized carbons (Fsp3) is 0.733. The zero-order valence-electron chi connectivity index (χ0n) is 14.2. The number of imide groups is 1. The third kappa shape index (κ3) is 4.24. The highest BCUT2D eigenvalue weighted by Gasteiger charge is 2.33. The van der Waals surface area contributed by atoms with Gasteiger partial charge in [0.15, 0.2) is 0 Å². The van der Waals surface area contributed by atoms with Crippen molar-refractivity contribution < 1.29 is 18.0 Å². The number of rotatable bonds is 5. The highest BCUT2D eigenvalue weighted by molar-refractivity contribution is 7.89. The Morgan fingerprint density at radius 1 is 1.16 bits per heavy atom. The fourth-order valence-corrected chi connectivity index (χ4v) is 5.57. The number of amides is 2. The standard InChI is InChI=1S/C15H22N4O4S2/c1-11-16-17-15(24-11)12-4-3-7-18(10-12)25(22,23)9-8-19-13(20)5-2-6-14(19)21/h12H,2-10H2,1H3. The number of aryl methyl sites for hydroxylation is 1. The lowest BCUT2D eigenvalue weighted by Crippen LogP contribution is -2.46. The molecule has 0 saturated carbocycles. The Labute approximate surface area is 151 Å². The van der Waals surface area contributed by atoms with E-state index in [0.29, 0.717) is 32.4 Å². The summed E-state index contributed by atoms with van der Waals surface area (Å²) in [7, 11) is -3.52. The van der Waals surface area contributed by atoms with Gasteiger partial charge < -0.3 is 0 Å². The maximum atomic E-state index is 12.7. The molecule has 0 aromatic carbocycles. The molecule has 1 aromatic rings. The molecule has 3 rings (SSSR count). The summed E-state index contributed by atoms with van der Waals surface area (Å²) in [6.07, 6.45) is 2.84. The van der Waals surface area contributed by atoms with Gasteiger partial charge in [0.2, 0.25) is 21.8 Å². The summed E-state index contributed by atoms with van der Waals surface area (Å²) < 4.78 is 26.8. The molecule has 0 spiro atoms. The van der Waals surface area contributed by atoms with Crippen molar-refractivity contribution in [1.29, 1.82) is 0 Å². The van der Waals surface area contributed by atoms with Crippen molar-refractivity contribution in [3.05, 3.63) is 10.0 Å². The van der Waals surface area contributed by atoms with Crippen LogP contribution in [0.25, 0.3) is 0 Å². The highest BCUT2D eigenvalue weighted by Crippen LogP contribution is 2.30. The Balaban J connectivity index is 1.63. The number of carbonyl (C=O) groups is 2. The van der Waals surface area contributed by atoms with E-state index in [0.717, 1.165) is 27.8 Å². The predicted molar refractivity (Wildman–Crippen MR) is 92.6 cm³/mol. The third-order valence-electron chi connectivity index (χ3n) is 4.62. The van der Waals surface area contributed by atoms with E-state index in [2.05, 4.69) is 10.2 Å². The van der Waals surface area contributed by atoms with Gasteiger partial charge in [0.25, 0.3) is 0 Å². The van der Waals surface area contributed by atoms with Gasteiger partial charge in [-0.05, 0) is 26.2 Å². The second-order valence-electron chi connectivity index (χ2n) is 6.47. The lowest BCUT2D eigenvalue weighted by Gasteiger charge is -2.32. The molecule has 2 aliphatic rings. The number of nitrogens with zero attached hydrogens (tertiary/aromatic N) is 4. The fourth-order valence-electron chi connectivity index (χ4n) is 3.26. The first-order valence-corrected chi connectivity index (χ1v) is 10.9. The lowest BCUT2D eigenvalue weighted by atomic mass is 10.0. The van der Waals surface area contributed by atoms with Gasteiger partial charge in [0.05, 0.1) is 5.75 Å². The van der Waals surface area contributed by atoms with Gasteiger partial charge in [-0.25, -0.2) is 12.7 Å². The van der Waals surface area contributed by atoms with Crippen LogP contribution >= 0.6 is 11.3 Å². The Hall–Kier alpha value is -1.39. The van der Waals surface area contributed by atoms with Gasteiger partial charge in [-0.3, -0.25) is 14.5 Å². The molecule has 2 saturated heterocycles. The second-order valence-corrected chi connectivity index (χ2v) is 9.77. The topological polar surface area (TPSA) is 101 Å². The summed E-state index contributed by atoms with van der Waals surface area (Å²) in [4.78, 5) is 24.7. The minimum Gasteiger partial charge on any atom is -0.282 e. The summed E-state index contributed by atoms with van der Waals surface area (Å²) in [5.41, 5.74) is 0. The molecule has 138 valence electrons. The molecule has 0 aliphatic carbocycles. The Morgan fingerprint density at radius 3 is 2.52 bits per heavy atom. The van der Waals surface area contributed by atoms with Crippen LogP contribution in [0.2, 0.25) is 0 Å². The van der Waals surface area contributed by atoms with E-state index in [9.17, 15) is 18.0 Å². The maximum absolute atomic E-state index is 12.7. The van der Waals surface area contributed by atoms with Crippen molar-refractivity contribution in [3.63, 3.8) is 0 Å². The molecular formula is C15H22N4O4S2. The molecule has 1 aromatic heterocycles. The smallest absolute Gasteiger partial charge is 0.229 e. The average molecular weight is 386 g/mol. The van der Waals surface area contributed by atoms with E-state index in [4.69, 9.17) is 0 Å². The van der Waals surface area contributed by atoms with Gasteiger partial charge >= 0.3 is 0 Å². The molecule has 8 nitrogen and oxygen atoms in total. The maximum Gasteiger partial charge on any atom is 0.229 e. The first kappa shape index (κ1) is 18.4. The zero-order valence-corrected chi connectivity index (χ0v) is 15.8. The summed E-state index contributed by atoms with van der Waals surface area (Å²) in [6, 6.07) is 0. The number of likely N-dealkylation sites (tertiary alicyclic amines) is 1. The van der Waals surface area contributed by atoms with Crippen LogP contribution < -0.4 is 0 Å². The van der Waals surface area contributed by atoms with Crippen molar-refractivity contribution in [3.8, 4) is 0 Å². The van der Waals surface area contributed by atoms with E-state index in [1.165, 1.54) is 15.6 Å². The van der Waals surface area contributed by atoms with E-state index in [1.807, 2.05) is 6.92 Å². The lowest BCUT2D eigenvalue weighted by molar-refractivity contribution is -0.147. The zero-order chi connectivity index (χ0) is 18.0. The summed E-state index contributed by atoms with van der Waals surface area (Å²) >= 11 is 1.50. The van der Waals surface area contributed by atoms with Crippen molar-refractivity contribution >= 4 is 33.2 Å². The Kier molecular flexibility index (Phi) is 5.49. The number of carbonyl (C=O) groups excluding carboxylic acids is 2. The molecule has 25 heavy (non-hydrogen) atoms. The second kappa shape index (κ2) is 7.46. The van der Waals surface area contributed by atoms with E-state index < -0.39 is 10.0 Å². The summed E-state index contributed by atoms with van der Waals surface area (Å²) in [5, 5.41) is 9.90. The average Bonchev–Trinajstić information content (AvgIpc) is 3.01. The Bertz CT molecular complexity index is 745. The van der Waals surface area contributed by atoms with E-state index in [1.54, 1.807) is 0 Å².